The third kappa shape index (κ3) is 2.57. The third-order valence-electron chi connectivity index (χ3n) is 4.27. The van der Waals surface area contributed by atoms with Crippen LogP contribution in [0.4, 0.5) is 0 Å². The third-order valence-corrected chi connectivity index (χ3v) is 4.27. The van der Waals surface area contributed by atoms with E-state index in [1.807, 2.05) is 12.4 Å². The van der Waals surface area contributed by atoms with Crippen molar-refractivity contribution in [2.24, 2.45) is 0 Å². The minimum absolute atomic E-state index is 0.523. The number of aryl methyl sites for hydroxylation is 1. The Balaban J connectivity index is 1.91. The molecule has 2 N–H and O–H groups in total. The molecule has 108 valence electrons. The van der Waals surface area contributed by atoms with Crippen molar-refractivity contribution in [2.45, 2.75) is 64.5 Å². The number of hydrogen-bond acceptors (Lipinski definition) is 3. The lowest BCUT2D eigenvalue weighted by Gasteiger charge is -2.32. The van der Waals surface area contributed by atoms with E-state index in [4.69, 9.17) is 0 Å². The quantitative estimate of drug-likeness (QED) is 0.902. The highest BCUT2D eigenvalue weighted by Crippen LogP contribution is 2.31. The minimum Gasteiger partial charge on any atom is -0.341 e. The van der Waals surface area contributed by atoms with Crippen molar-refractivity contribution in [3.05, 3.63) is 23.8 Å². The van der Waals surface area contributed by atoms with Gasteiger partial charge < -0.3 is 10.3 Å². The van der Waals surface area contributed by atoms with E-state index < -0.39 is 0 Å². The Labute approximate surface area is 120 Å². The second-order valence-electron chi connectivity index (χ2n) is 6.20. The van der Waals surface area contributed by atoms with Crippen molar-refractivity contribution in [1.82, 2.24) is 20.3 Å². The van der Waals surface area contributed by atoms with Crippen molar-refractivity contribution in [3.63, 3.8) is 0 Å². The standard InChI is InChI=1S/C16H24N4/c1-4-5-12-8-17-14-9-18-16(20-15(12)14)13-6-10(2)19-11(3)7-13/h8-11,13,19H,4-7H2,1-3H3,(H,18,20). The summed E-state index contributed by atoms with van der Waals surface area (Å²) in [5.41, 5.74) is 3.50. The van der Waals surface area contributed by atoms with Gasteiger partial charge in [-0.05, 0) is 38.7 Å². The fraction of sp³-hybridized carbons (Fsp3) is 0.625. The summed E-state index contributed by atoms with van der Waals surface area (Å²) in [6, 6.07) is 1.12. The van der Waals surface area contributed by atoms with E-state index in [0.717, 1.165) is 37.2 Å². The van der Waals surface area contributed by atoms with Crippen LogP contribution in [0.2, 0.25) is 0 Å². The molecule has 1 fully saturated rings. The number of aromatic nitrogens is 3. The van der Waals surface area contributed by atoms with E-state index in [2.05, 4.69) is 41.0 Å². The van der Waals surface area contributed by atoms with Crippen molar-refractivity contribution >= 4 is 0 Å². The Bertz CT molecular complexity index is 538. The number of nitrogens with zero attached hydrogens (tertiary/aromatic N) is 2. The fourth-order valence-electron chi connectivity index (χ4n) is 3.44. The highest BCUT2D eigenvalue weighted by molar-refractivity contribution is 5.60. The van der Waals surface area contributed by atoms with Gasteiger partial charge in [0.15, 0.2) is 0 Å². The Hall–Kier alpha value is -1.42. The number of aromatic amines is 1. The number of piperidine rings is 1. The predicted molar refractivity (Wildman–Crippen MR) is 81.0 cm³/mol. The van der Waals surface area contributed by atoms with E-state index in [1.54, 1.807) is 0 Å². The molecule has 0 aromatic rings. The Morgan fingerprint density at radius 2 is 1.90 bits per heavy atom. The van der Waals surface area contributed by atoms with Crippen LogP contribution < -0.4 is 5.32 Å². The van der Waals surface area contributed by atoms with E-state index >= 15 is 0 Å². The van der Waals surface area contributed by atoms with Gasteiger partial charge in [0.2, 0.25) is 0 Å². The zero-order chi connectivity index (χ0) is 14.1. The molecule has 1 saturated heterocycles. The predicted octanol–water partition coefficient (Wildman–Crippen LogP) is 3.11. The lowest BCUT2D eigenvalue weighted by molar-refractivity contribution is 0.309. The van der Waals surface area contributed by atoms with Gasteiger partial charge in [-0.15, -0.1) is 0 Å². The van der Waals surface area contributed by atoms with Gasteiger partial charge >= 0.3 is 0 Å². The van der Waals surface area contributed by atoms with Crippen LogP contribution in [0.3, 0.4) is 0 Å². The molecule has 0 aromatic carbocycles. The van der Waals surface area contributed by atoms with Gasteiger partial charge in [-0.1, -0.05) is 13.3 Å². The average Bonchev–Trinajstić information content (AvgIpc) is 2.81. The average molecular weight is 272 g/mol. The monoisotopic (exact) mass is 272 g/mol. The molecule has 0 bridgehead atoms. The number of nitrogens with one attached hydrogen (secondary N) is 2. The molecule has 0 aromatic heterocycles. The van der Waals surface area contributed by atoms with Crippen molar-refractivity contribution < 1.29 is 0 Å². The molecule has 0 saturated carbocycles. The Morgan fingerprint density at radius 3 is 2.60 bits per heavy atom. The molecule has 3 rings (SSSR count). The number of rotatable bonds is 3. The number of H-pyrrole nitrogens is 1. The summed E-state index contributed by atoms with van der Waals surface area (Å²) >= 11 is 0. The van der Waals surface area contributed by atoms with Crippen molar-refractivity contribution in [1.29, 1.82) is 0 Å². The molecule has 2 unspecified atom stereocenters. The summed E-state index contributed by atoms with van der Waals surface area (Å²) in [6.45, 7) is 6.72. The molecule has 20 heavy (non-hydrogen) atoms. The van der Waals surface area contributed by atoms with Crippen LogP contribution in [0.25, 0.3) is 11.4 Å². The number of fused-ring (bicyclic) bond motifs is 1. The lowest BCUT2D eigenvalue weighted by Crippen LogP contribution is -2.41. The van der Waals surface area contributed by atoms with Gasteiger partial charge in [-0.25, -0.2) is 4.98 Å². The first-order valence-corrected chi connectivity index (χ1v) is 7.76. The Morgan fingerprint density at radius 1 is 1.15 bits per heavy atom. The molecule has 3 heterocycles. The highest BCUT2D eigenvalue weighted by atomic mass is 15.0. The van der Waals surface area contributed by atoms with Gasteiger partial charge in [0.05, 0.1) is 11.9 Å². The smallest absolute Gasteiger partial charge is 0.109 e. The summed E-state index contributed by atoms with van der Waals surface area (Å²) in [7, 11) is 0. The molecular weight excluding hydrogens is 248 g/mol. The maximum atomic E-state index is 4.63. The normalized spacial score (nSPS) is 27.1. The molecule has 4 nitrogen and oxygen atoms in total. The first-order chi connectivity index (χ1) is 9.67. The fourth-order valence-corrected chi connectivity index (χ4v) is 3.44. The molecule has 0 amide bonds. The van der Waals surface area contributed by atoms with E-state index in [0.29, 0.717) is 18.0 Å². The second kappa shape index (κ2) is 5.52. The van der Waals surface area contributed by atoms with Crippen LogP contribution in [0.1, 0.15) is 57.3 Å². The maximum Gasteiger partial charge on any atom is 0.109 e. The number of hydrogen-bond donors (Lipinski definition) is 2. The maximum absolute atomic E-state index is 4.63. The SMILES string of the molecule is CCCc1cnc2cnc(C3CC(C)NC(C)C3)[nH]c1-2. The van der Waals surface area contributed by atoms with Crippen LogP contribution in [0, 0.1) is 0 Å². The zero-order valence-corrected chi connectivity index (χ0v) is 12.6. The largest absolute Gasteiger partial charge is 0.341 e. The van der Waals surface area contributed by atoms with Crippen LogP contribution in [0.5, 0.6) is 0 Å². The van der Waals surface area contributed by atoms with Crippen LogP contribution in [-0.2, 0) is 6.42 Å². The van der Waals surface area contributed by atoms with E-state index in [-0.39, 0.29) is 0 Å². The molecular formula is C16H24N4. The van der Waals surface area contributed by atoms with Crippen LogP contribution >= 0.6 is 0 Å². The van der Waals surface area contributed by atoms with Gasteiger partial charge in [-0.2, -0.15) is 0 Å². The van der Waals surface area contributed by atoms with E-state index in [1.165, 1.54) is 11.3 Å². The molecule has 0 spiro atoms. The molecule has 0 radical (unpaired) electrons. The van der Waals surface area contributed by atoms with Crippen LogP contribution in [0.15, 0.2) is 12.4 Å². The molecule has 4 heteroatoms. The zero-order valence-electron chi connectivity index (χ0n) is 12.6. The van der Waals surface area contributed by atoms with E-state index in [9.17, 15) is 0 Å². The molecule has 3 aliphatic heterocycles. The van der Waals surface area contributed by atoms with Gasteiger partial charge in [0.1, 0.15) is 11.5 Å². The summed E-state index contributed by atoms with van der Waals surface area (Å²) in [5, 5.41) is 3.59. The molecule has 0 aliphatic carbocycles. The summed E-state index contributed by atoms with van der Waals surface area (Å²) in [6.07, 6.45) is 8.44. The van der Waals surface area contributed by atoms with Crippen molar-refractivity contribution in [3.8, 4) is 11.4 Å². The second-order valence-corrected chi connectivity index (χ2v) is 6.20. The van der Waals surface area contributed by atoms with Gasteiger partial charge in [-0.3, -0.25) is 4.98 Å². The van der Waals surface area contributed by atoms with Crippen molar-refractivity contribution in [2.75, 3.05) is 0 Å². The first kappa shape index (κ1) is 13.6. The van der Waals surface area contributed by atoms with Crippen LogP contribution in [-0.4, -0.2) is 27.0 Å². The lowest BCUT2D eigenvalue weighted by atomic mass is 9.88. The topological polar surface area (TPSA) is 53.6 Å². The highest BCUT2D eigenvalue weighted by Gasteiger charge is 2.26. The summed E-state index contributed by atoms with van der Waals surface area (Å²) in [5.74, 6) is 1.65. The Kier molecular flexibility index (Phi) is 3.74. The van der Waals surface area contributed by atoms with Gasteiger partial charge in [0, 0.05) is 24.2 Å². The summed E-state index contributed by atoms with van der Waals surface area (Å²) < 4.78 is 0. The minimum atomic E-state index is 0.523. The van der Waals surface area contributed by atoms with Gasteiger partial charge in [0.25, 0.3) is 0 Å². The summed E-state index contributed by atoms with van der Waals surface area (Å²) in [4.78, 5) is 12.6. The first-order valence-electron chi connectivity index (χ1n) is 7.76. The molecule has 3 aliphatic rings. The molecule has 2 atom stereocenters.